The Kier molecular flexibility index (Phi) is 4.91. The van der Waals surface area contributed by atoms with E-state index in [1.54, 1.807) is 0 Å². The number of hydrogen-bond donors (Lipinski definition) is 3. The molecule has 1 aliphatic rings. The summed E-state index contributed by atoms with van der Waals surface area (Å²) >= 11 is 0. The Labute approximate surface area is 101 Å². The van der Waals surface area contributed by atoms with Crippen molar-refractivity contribution in [2.24, 2.45) is 0 Å². The molecular formula is C10H19NO5S. The number of carboxylic acid groups (broad SMARTS) is 1. The highest BCUT2D eigenvalue weighted by atomic mass is 32.2. The van der Waals surface area contributed by atoms with Crippen LogP contribution >= 0.6 is 0 Å². The van der Waals surface area contributed by atoms with Crippen LogP contribution in [-0.2, 0) is 14.8 Å². The summed E-state index contributed by atoms with van der Waals surface area (Å²) in [5.74, 6) is -1.58. The average Bonchev–Trinajstić information content (AvgIpc) is 2.27. The molecule has 1 rings (SSSR count). The molecule has 100 valence electrons. The van der Waals surface area contributed by atoms with E-state index < -0.39 is 33.7 Å². The second-order valence-corrected chi connectivity index (χ2v) is 6.41. The van der Waals surface area contributed by atoms with E-state index in [2.05, 4.69) is 4.72 Å². The van der Waals surface area contributed by atoms with Crippen molar-refractivity contribution in [2.45, 2.75) is 44.1 Å². The van der Waals surface area contributed by atoms with Crippen LogP contribution in [0.25, 0.3) is 0 Å². The van der Waals surface area contributed by atoms with Gasteiger partial charge in [0, 0.05) is 0 Å². The minimum absolute atomic E-state index is 0.237. The Morgan fingerprint density at radius 1 is 1.24 bits per heavy atom. The molecule has 0 bridgehead atoms. The fraction of sp³-hybridized carbons (Fsp3) is 0.900. The van der Waals surface area contributed by atoms with Gasteiger partial charge >= 0.3 is 5.97 Å². The van der Waals surface area contributed by atoms with Gasteiger partial charge in [-0.3, -0.25) is 4.79 Å². The quantitative estimate of drug-likeness (QED) is 0.631. The Hall–Kier alpha value is -0.660. The second kappa shape index (κ2) is 5.79. The number of nitrogens with one attached hydrogen (secondary N) is 1. The predicted octanol–water partition coefficient (Wildman–Crippen LogP) is 0.0757. The van der Waals surface area contributed by atoms with Crippen LogP contribution in [0.4, 0.5) is 0 Å². The van der Waals surface area contributed by atoms with E-state index in [0.29, 0.717) is 12.8 Å². The highest BCUT2D eigenvalue weighted by Crippen LogP contribution is 2.28. The molecule has 17 heavy (non-hydrogen) atoms. The van der Waals surface area contributed by atoms with E-state index in [1.807, 2.05) is 0 Å². The molecular weight excluding hydrogens is 246 g/mol. The third-order valence-electron chi connectivity index (χ3n) is 3.07. The maximum Gasteiger partial charge on any atom is 0.304 e. The van der Waals surface area contributed by atoms with Gasteiger partial charge in [-0.1, -0.05) is 19.3 Å². The van der Waals surface area contributed by atoms with Crippen LogP contribution in [0.2, 0.25) is 0 Å². The van der Waals surface area contributed by atoms with Crippen molar-refractivity contribution < 1.29 is 23.4 Å². The van der Waals surface area contributed by atoms with Crippen LogP contribution in [0.5, 0.6) is 0 Å². The molecule has 0 unspecified atom stereocenters. The third-order valence-corrected chi connectivity index (χ3v) is 4.56. The fourth-order valence-electron chi connectivity index (χ4n) is 2.12. The van der Waals surface area contributed by atoms with Gasteiger partial charge in [0.2, 0.25) is 10.0 Å². The van der Waals surface area contributed by atoms with Gasteiger partial charge in [0.1, 0.15) is 0 Å². The van der Waals surface area contributed by atoms with Gasteiger partial charge in [0.05, 0.1) is 24.3 Å². The zero-order valence-electron chi connectivity index (χ0n) is 9.68. The van der Waals surface area contributed by atoms with Crippen LogP contribution in [0.3, 0.4) is 0 Å². The molecule has 1 saturated carbocycles. The Morgan fingerprint density at radius 2 is 1.82 bits per heavy atom. The standard InChI is InChI=1S/C10H19NO5S/c12-8-10(5-2-1-3-6-10)11-17(15,16)7-4-9(13)14/h11-12H,1-8H2,(H,13,14). The molecule has 0 aromatic rings. The molecule has 0 amide bonds. The van der Waals surface area contributed by atoms with Gasteiger partial charge in [0.15, 0.2) is 0 Å². The molecule has 0 atom stereocenters. The lowest BCUT2D eigenvalue weighted by Crippen LogP contribution is -2.53. The Morgan fingerprint density at radius 3 is 2.29 bits per heavy atom. The first kappa shape index (κ1) is 14.4. The van der Waals surface area contributed by atoms with E-state index in [9.17, 15) is 18.3 Å². The Balaban J connectivity index is 2.63. The smallest absolute Gasteiger partial charge is 0.304 e. The topological polar surface area (TPSA) is 104 Å². The van der Waals surface area contributed by atoms with Gasteiger partial charge in [-0.05, 0) is 12.8 Å². The molecule has 0 saturated heterocycles. The van der Waals surface area contributed by atoms with Gasteiger partial charge in [-0.15, -0.1) is 0 Å². The first-order valence-corrected chi connectivity index (χ1v) is 7.39. The van der Waals surface area contributed by atoms with Crippen LogP contribution < -0.4 is 4.72 Å². The van der Waals surface area contributed by atoms with Crippen molar-refractivity contribution in [3.8, 4) is 0 Å². The van der Waals surface area contributed by atoms with Crippen molar-refractivity contribution in [1.82, 2.24) is 4.72 Å². The second-order valence-electron chi connectivity index (χ2n) is 4.56. The van der Waals surface area contributed by atoms with Crippen molar-refractivity contribution in [3.63, 3.8) is 0 Å². The van der Waals surface area contributed by atoms with Gasteiger partial charge in [0.25, 0.3) is 0 Å². The van der Waals surface area contributed by atoms with E-state index in [4.69, 9.17) is 5.11 Å². The molecule has 0 aliphatic heterocycles. The molecule has 6 nitrogen and oxygen atoms in total. The van der Waals surface area contributed by atoms with E-state index >= 15 is 0 Å². The number of sulfonamides is 1. The summed E-state index contributed by atoms with van der Waals surface area (Å²) in [6.45, 7) is -0.237. The van der Waals surface area contributed by atoms with Crippen molar-refractivity contribution >= 4 is 16.0 Å². The summed E-state index contributed by atoms with van der Waals surface area (Å²) < 4.78 is 25.8. The monoisotopic (exact) mass is 265 g/mol. The molecule has 1 fully saturated rings. The summed E-state index contributed by atoms with van der Waals surface area (Å²) in [4.78, 5) is 10.3. The molecule has 0 radical (unpaired) electrons. The SMILES string of the molecule is O=C(O)CCS(=O)(=O)NC1(CO)CCCCC1. The largest absolute Gasteiger partial charge is 0.481 e. The number of rotatable bonds is 6. The molecule has 3 N–H and O–H groups in total. The lowest BCUT2D eigenvalue weighted by atomic mass is 9.83. The fourth-order valence-corrected chi connectivity index (χ4v) is 3.60. The number of hydrogen-bond acceptors (Lipinski definition) is 4. The number of aliphatic hydroxyl groups excluding tert-OH is 1. The summed E-state index contributed by atoms with van der Waals surface area (Å²) in [5.41, 5.74) is -0.782. The molecule has 0 spiro atoms. The highest BCUT2D eigenvalue weighted by Gasteiger charge is 2.35. The Bertz CT molecular complexity index is 359. The first-order valence-electron chi connectivity index (χ1n) is 5.73. The zero-order valence-corrected chi connectivity index (χ0v) is 10.5. The zero-order chi connectivity index (χ0) is 12.9. The molecule has 7 heteroatoms. The first-order chi connectivity index (χ1) is 7.89. The van der Waals surface area contributed by atoms with E-state index in [-0.39, 0.29) is 6.61 Å². The summed E-state index contributed by atoms with van der Waals surface area (Å²) in [6, 6.07) is 0. The minimum atomic E-state index is -3.64. The molecule has 0 heterocycles. The van der Waals surface area contributed by atoms with Gasteiger partial charge < -0.3 is 10.2 Å². The van der Waals surface area contributed by atoms with Crippen molar-refractivity contribution in [1.29, 1.82) is 0 Å². The average molecular weight is 265 g/mol. The molecule has 0 aromatic carbocycles. The summed E-state index contributed by atoms with van der Waals surface area (Å²) in [7, 11) is -3.64. The lowest BCUT2D eigenvalue weighted by molar-refractivity contribution is -0.136. The number of aliphatic carboxylic acids is 1. The van der Waals surface area contributed by atoms with Gasteiger partial charge in [-0.2, -0.15) is 0 Å². The normalized spacial score (nSPS) is 20.1. The van der Waals surface area contributed by atoms with Crippen molar-refractivity contribution in [3.05, 3.63) is 0 Å². The third kappa shape index (κ3) is 4.61. The van der Waals surface area contributed by atoms with E-state index in [0.717, 1.165) is 19.3 Å². The number of aliphatic hydroxyl groups is 1. The van der Waals surface area contributed by atoms with Gasteiger partial charge in [-0.25, -0.2) is 13.1 Å². The van der Waals surface area contributed by atoms with E-state index in [1.165, 1.54) is 0 Å². The predicted molar refractivity (Wildman–Crippen MR) is 62.1 cm³/mol. The lowest BCUT2D eigenvalue weighted by Gasteiger charge is -2.35. The summed E-state index contributed by atoms with van der Waals surface area (Å²) in [5, 5.41) is 17.8. The minimum Gasteiger partial charge on any atom is -0.481 e. The highest BCUT2D eigenvalue weighted by molar-refractivity contribution is 7.89. The van der Waals surface area contributed by atoms with Crippen molar-refractivity contribution in [2.75, 3.05) is 12.4 Å². The number of carboxylic acids is 1. The maximum atomic E-state index is 11.7. The van der Waals surface area contributed by atoms with Crippen LogP contribution in [-0.4, -0.2) is 42.5 Å². The molecule has 0 aromatic heterocycles. The number of carbonyl (C=O) groups is 1. The molecule has 1 aliphatic carbocycles. The van der Waals surface area contributed by atoms with Crippen LogP contribution in [0.15, 0.2) is 0 Å². The maximum absolute atomic E-state index is 11.7. The summed E-state index contributed by atoms with van der Waals surface area (Å²) in [6.07, 6.45) is 3.59. The van der Waals surface area contributed by atoms with Crippen LogP contribution in [0.1, 0.15) is 38.5 Å². The van der Waals surface area contributed by atoms with Crippen LogP contribution in [0, 0.1) is 0 Å².